The van der Waals surface area contributed by atoms with Crippen LogP contribution in [0.1, 0.15) is 43.1 Å². The highest BCUT2D eigenvalue weighted by molar-refractivity contribution is 6.05. The van der Waals surface area contributed by atoms with Gasteiger partial charge < -0.3 is 16.0 Å². The van der Waals surface area contributed by atoms with Gasteiger partial charge in [-0.05, 0) is 42.3 Å². The predicted octanol–water partition coefficient (Wildman–Crippen LogP) is 4.17. The van der Waals surface area contributed by atoms with Gasteiger partial charge >= 0.3 is 0 Å². The standard InChI is InChI=1S/C21H26FN3O2/c1-4-23-13-16-7-5-6-8-18(16)25-21(27)15-9-10-19(17(22)12-15)24-20(26)11-14(2)3/h5-10,12,14,23H,4,11,13H2,1-3H3,(H,24,26)(H,25,27). The van der Waals surface area contributed by atoms with Crippen LogP contribution in [-0.4, -0.2) is 18.4 Å². The largest absolute Gasteiger partial charge is 0.324 e. The van der Waals surface area contributed by atoms with Gasteiger partial charge in [-0.25, -0.2) is 4.39 Å². The smallest absolute Gasteiger partial charge is 0.255 e. The molecule has 0 aromatic heterocycles. The third kappa shape index (κ3) is 6.18. The fourth-order valence-corrected chi connectivity index (χ4v) is 2.58. The quantitative estimate of drug-likeness (QED) is 0.652. The maximum absolute atomic E-state index is 14.3. The van der Waals surface area contributed by atoms with Crippen molar-refractivity contribution >= 4 is 23.2 Å². The van der Waals surface area contributed by atoms with E-state index in [1.807, 2.05) is 39.0 Å². The van der Waals surface area contributed by atoms with Crippen molar-refractivity contribution in [3.05, 3.63) is 59.4 Å². The second-order valence-corrected chi connectivity index (χ2v) is 6.73. The Balaban J connectivity index is 2.09. The first-order chi connectivity index (χ1) is 12.9. The van der Waals surface area contributed by atoms with Crippen molar-refractivity contribution < 1.29 is 14.0 Å². The molecule has 0 radical (unpaired) electrons. The Kier molecular flexibility index (Phi) is 7.49. The SMILES string of the molecule is CCNCc1ccccc1NC(=O)c1ccc(NC(=O)CC(C)C)c(F)c1. The number of halogens is 1. The van der Waals surface area contributed by atoms with Crippen LogP contribution >= 0.6 is 0 Å². The molecule has 2 aromatic rings. The van der Waals surface area contributed by atoms with Gasteiger partial charge in [-0.1, -0.05) is 39.0 Å². The Bertz CT molecular complexity index is 806. The van der Waals surface area contributed by atoms with Gasteiger partial charge in [0.05, 0.1) is 5.69 Å². The molecule has 2 amide bonds. The molecule has 0 bridgehead atoms. The molecule has 2 rings (SSSR count). The van der Waals surface area contributed by atoms with E-state index in [4.69, 9.17) is 0 Å². The summed E-state index contributed by atoms with van der Waals surface area (Å²) in [6.07, 6.45) is 0.310. The average molecular weight is 371 g/mol. The zero-order valence-corrected chi connectivity index (χ0v) is 15.9. The summed E-state index contributed by atoms with van der Waals surface area (Å²) in [5.41, 5.74) is 1.89. The van der Waals surface area contributed by atoms with Crippen molar-refractivity contribution in [3.63, 3.8) is 0 Å². The number of anilines is 2. The highest BCUT2D eigenvalue weighted by Crippen LogP contribution is 2.20. The number of hydrogen-bond acceptors (Lipinski definition) is 3. The number of rotatable bonds is 8. The van der Waals surface area contributed by atoms with Crippen molar-refractivity contribution in [1.82, 2.24) is 5.32 Å². The van der Waals surface area contributed by atoms with Gasteiger partial charge in [0, 0.05) is 24.2 Å². The van der Waals surface area contributed by atoms with E-state index in [0.717, 1.165) is 18.2 Å². The predicted molar refractivity (Wildman–Crippen MR) is 106 cm³/mol. The molecular weight excluding hydrogens is 345 g/mol. The Morgan fingerprint density at radius 1 is 1.04 bits per heavy atom. The lowest BCUT2D eigenvalue weighted by molar-refractivity contribution is -0.116. The minimum absolute atomic E-state index is 0.0738. The normalized spacial score (nSPS) is 10.7. The topological polar surface area (TPSA) is 70.2 Å². The first-order valence-corrected chi connectivity index (χ1v) is 9.10. The number of hydrogen-bond donors (Lipinski definition) is 3. The van der Waals surface area contributed by atoms with E-state index in [0.29, 0.717) is 18.7 Å². The number of benzene rings is 2. The highest BCUT2D eigenvalue weighted by atomic mass is 19.1. The molecule has 0 saturated carbocycles. The molecule has 0 aliphatic heterocycles. The van der Waals surface area contributed by atoms with Crippen LogP contribution in [0.25, 0.3) is 0 Å². The Labute approximate surface area is 159 Å². The third-order valence-electron chi connectivity index (χ3n) is 3.93. The maximum atomic E-state index is 14.3. The van der Waals surface area contributed by atoms with Crippen LogP contribution in [-0.2, 0) is 11.3 Å². The summed E-state index contributed by atoms with van der Waals surface area (Å²) in [7, 11) is 0. The minimum Gasteiger partial charge on any atom is -0.324 e. The summed E-state index contributed by atoms with van der Waals surface area (Å²) in [5, 5.41) is 8.57. The summed E-state index contributed by atoms with van der Waals surface area (Å²) in [6, 6.07) is 11.5. The fourth-order valence-electron chi connectivity index (χ4n) is 2.58. The highest BCUT2D eigenvalue weighted by Gasteiger charge is 2.13. The zero-order chi connectivity index (χ0) is 19.8. The second-order valence-electron chi connectivity index (χ2n) is 6.73. The first kappa shape index (κ1) is 20.6. The van der Waals surface area contributed by atoms with Gasteiger partial charge in [-0.3, -0.25) is 9.59 Å². The Hall–Kier alpha value is -2.73. The number of carbonyl (C=O) groups is 2. The van der Waals surface area contributed by atoms with Crippen LogP contribution in [0.5, 0.6) is 0 Å². The van der Waals surface area contributed by atoms with Crippen LogP contribution in [0.4, 0.5) is 15.8 Å². The number of amides is 2. The molecule has 0 atom stereocenters. The molecule has 6 heteroatoms. The van der Waals surface area contributed by atoms with Crippen LogP contribution in [0, 0.1) is 11.7 Å². The molecular formula is C21H26FN3O2. The third-order valence-corrected chi connectivity index (χ3v) is 3.93. The monoisotopic (exact) mass is 371 g/mol. The minimum atomic E-state index is -0.638. The number of nitrogens with one attached hydrogen (secondary N) is 3. The molecule has 0 unspecified atom stereocenters. The second kappa shape index (κ2) is 9.83. The Morgan fingerprint density at radius 2 is 1.78 bits per heavy atom. The van der Waals surface area contributed by atoms with Gasteiger partial charge in [0.15, 0.2) is 0 Å². The Morgan fingerprint density at radius 3 is 2.44 bits per heavy atom. The van der Waals surface area contributed by atoms with Crippen LogP contribution < -0.4 is 16.0 Å². The van der Waals surface area contributed by atoms with Crippen molar-refractivity contribution in [3.8, 4) is 0 Å². The molecule has 0 fully saturated rings. The molecule has 0 heterocycles. The van der Waals surface area contributed by atoms with Crippen molar-refractivity contribution in [2.45, 2.75) is 33.7 Å². The fraction of sp³-hybridized carbons (Fsp3) is 0.333. The lowest BCUT2D eigenvalue weighted by Crippen LogP contribution is -2.18. The zero-order valence-electron chi connectivity index (χ0n) is 15.9. The van der Waals surface area contributed by atoms with E-state index in [2.05, 4.69) is 16.0 Å². The molecule has 0 spiro atoms. The molecule has 0 aliphatic rings. The molecule has 3 N–H and O–H groups in total. The molecule has 2 aromatic carbocycles. The maximum Gasteiger partial charge on any atom is 0.255 e. The van der Waals surface area contributed by atoms with Gasteiger partial charge in [-0.2, -0.15) is 0 Å². The van der Waals surface area contributed by atoms with E-state index >= 15 is 0 Å². The van der Waals surface area contributed by atoms with Crippen molar-refractivity contribution in [1.29, 1.82) is 0 Å². The van der Waals surface area contributed by atoms with Gasteiger partial charge in [-0.15, -0.1) is 0 Å². The number of para-hydroxylation sites is 1. The molecule has 144 valence electrons. The van der Waals surface area contributed by atoms with E-state index < -0.39 is 11.7 Å². The lowest BCUT2D eigenvalue weighted by Gasteiger charge is -2.12. The van der Waals surface area contributed by atoms with Crippen LogP contribution in [0.3, 0.4) is 0 Å². The van der Waals surface area contributed by atoms with Crippen LogP contribution in [0.2, 0.25) is 0 Å². The summed E-state index contributed by atoms with van der Waals surface area (Å²) in [5.74, 6) is -1.11. The molecule has 0 saturated heterocycles. The molecule has 5 nitrogen and oxygen atoms in total. The summed E-state index contributed by atoms with van der Waals surface area (Å²) >= 11 is 0. The summed E-state index contributed by atoms with van der Waals surface area (Å²) in [6.45, 7) is 7.28. The van der Waals surface area contributed by atoms with E-state index in [1.54, 1.807) is 6.07 Å². The van der Waals surface area contributed by atoms with E-state index in [1.165, 1.54) is 12.1 Å². The number of carbonyl (C=O) groups excluding carboxylic acids is 2. The van der Waals surface area contributed by atoms with E-state index in [9.17, 15) is 14.0 Å². The van der Waals surface area contributed by atoms with Crippen molar-refractivity contribution in [2.75, 3.05) is 17.2 Å². The average Bonchev–Trinajstić information content (AvgIpc) is 2.62. The molecule has 0 aliphatic carbocycles. The molecule has 27 heavy (non-hydrogen) atoms. The lowest BCUT2D eigenvalue weighted by atomic mass is 10.1. The van der Waals surface area contributed by atoms with Crippen molar-refractivity contribution in [2.24, 2.45) is 5.92 Å². The van der Waals surface area contributed by atoms with E-state index in [-0.39, 0.29) is 23.1 Å². The van der Waals surface area contributed by atoms with Crippen LogP contribution in [0.15, 0.2) is 42.5 Å². The summed E-state index contributed by atoms with van der Waals surface area (Å²) in [4.78, 5) is 24.3. The first-order valence-electron chi connectivity index (χ1n) is 9.10. The van der Waals surface area contributed by atoms with Gasteiger partial charge in [0.1, 0.15) is 5.82 Å². The van der Waals surface area contributed by atoms with Gasteiger partial charge in [0.2, 0.25) is 5.91 Å². The summed E-state index contributed by atoms with van der Waals surface area (Å²) < 4.78 is 14.3. The van der Waals surface area contributed by atoms with Gasteiger partial charge in [0.25, 0.3) is 5.91 Å².